The zero-order chi connectivity index (χ0) is 20.0. The van der Waals surface area contributed by atoms with Crippen molar-refractivity contribution in [1.82, 2.24) is 9.47 Å². The summed E-state index contributed by atoms with van der Waals surface area (Å²) in [6.07, 6.45) is 1.46. The molecule has 1 aromatic heterocycles. The number of aromatic nitrogens is 1. The second-order valence-corrected chi connectivity index (χ2v) is 7.42. The van der Waals surface area contributed by atoms with Gasteiger partial charge in [-0.25, -0.2) is 9.18 Å². The van der Waals surface area contributed by atoms with E-state index in [1.54, 1.807) is 4.57 Å². The van der Waals surface area contributed by atoms with Crippen LogP contribution in [0.15, 0.2) is 17.1 Å². The highest BCUT2D eigenvalue weighted by atomic mass is 35.5. The summed E-state index contributed by atoms with van der Waals surface area (Å²) in [5.41, 5.74) is 0.113. The molecule has 28 heavy (non-hydrogen) atoms. The van der Waals surface area contributed by atoms with Gasteiger partial charge >= 0.3 is 5.97 Å². The highest BCUT2D eigenvalue weighted by Crippen LogP contribution is 2.42. The number of alkyl halides is 1. The molecule has 1 fully saturated rings. The average molecular weight is 410 g/mol. The van der Waals surface area contributed by atoms with Gasteiger partial charge in [-0.1, -0.05) is 11.6 Å². The van der Waals surface area contributed by atoms with Gasteiger partial charge in [-0.15, -0.1) is 0 Å². The van der Waals surface area contributed by atoms with Crippen LogP contribution in [0, 0.1) is 5.82 Å². The predicted molar refractivity (Wildman–Crippen MR) is 104 cm³/mol. The first-order valence-corrected chi connectivity index (χ1v) is 9.66. The normalized spacial score (nSPS) is 19.6. The van der Waals surface area contributed by atoms with Gasteiger partial charge in [0, 0.05) is 32.4 Å². The summed E-state index contributed by atoms with van der Waals surface area (Å²) in [5, 5.41) is 0.0981. The fourth-order valence-corrected chi connectivity index (χ4v) is 3.91. The lowest BCUT2D eigenvalue weighted by Crippen LogP contribution is -2.45. The summed E-state index contributed by atoms with van der Waals surface area (Å²) in [5.74, 6) is -1.01. The van der Waals surface area contributed by atoms with Gasteiger partial charge in [0.15, 0.2) is 17.6 Å². The molecule has 1 saturated heterocycles. The number of carbonyl (C=O) groups excluding carboxylic acids is 1. The van der Waals surface area contributed by atoms with Crippen molar-refractivity contribution in [2.75, 3.05) is 50.8 Å². The number of anilines is 1. The molecular formula is C19H21ClFN3O4. The van der Waals surface area contributed by atoms with Crippen LogP contribution >= 0.6 is 11.6 Å². The number of rotatable bonds is 3. The van der Waals surface area contributed by atoms with Gasteiger partial charge in [0.25, 0.3) is 0 Å². The van der Waals surface area contributed by atoms with Crippen molar-refractivity contribution in [3.05, 3.63) is 33.9 Å². The second kappa shape index (κ2) is 7.25. The Hall–Kier alpha value is -2.32. The minimum absolute atomic E-state index is 0.0981. The summed E-state index contributed by atoms with van der Waals surface area (Å²) < 4.78 is 27.6. The van der Waals surface area contributed by atoms with Crippen LogP contribution in [-0.2, 0) is 4.74 Å². The zero-order valence-electron chi connectivity index (χ0n) is 15.7. The van der Waals surface area contributed by atoms with Crippen molar-refractivity contribution in [3.63, 3.8) is 0 Å². The van der Waals surface area contributed by atoms with Crippen molar-refractivity contribution in [1.29, 1.82) is 0 Å². The zero-order valence-corrected chi connectivity index (χ0v) is 16.5. The van der Waals surface area contributed by atoms with Crippen LogP contribution in [0.5, 0.6) is 5.75 Å². The molecule has 0 saturated carbocycles. The lowest BCUT2D eigenvalue weighted by Gasteiger charge is -2.37. The number of ether oxygens (including phenoxy) is 2. The largest absolute Gasteiger partial charge is 0.487 e. The number of pyridine rings is 1. The highest BCUT2D eigenvalue weighted by molar-refractivity contribution is 6.17. The van der Waals surface area contributed by atoms with Gasteiger partial charge < -0.3 is 23.8 Å². The van der Waals surface area contributed by atoms with Crippen molar-refractivity contribution >= 4 is 34.2 Å². The smallest absolute Gasteiger partial charge is 0.344 e. The first-order valence-electron chi connectivity index (χ1n) is 9.13. The molecule has 9 heteroatoms. The third kappa shape index (κ3) is 3.00. The third-order valence-corrected chi connectivity index (χ3v) is 5.48. The molecule has 0 aliphatic carbocycles. The lowest BCUT2D eigenvalue weighted by molar-refractivity contribution is 0.0571. The van der Waals surface area contributed by atoms with Crippen LogP contribution < -0.4 is 15.1 Å². The van der Waals surface area contributed by atoms with E-state index < -0.39 is 17.2 Å². The Bertz CT molecular complexity index is 1000. The molecule has 7 nitrogen and oxygen atoms in total. The van der Waals surface area contributed by atoms with Gasteiger partial charge in [-0.05, 0) is 20.0 Å². The summed E-state index contributed by atoms with van der Waals surface area (Å²) >= 11 is 5.46. The minimum Gasteiger partial charge on any atom is -0.487 e. The summed E-state index contributed by atoms with van der Waals surface area (Å²) in [7, 11) is 2.02. The van der Waals surface area contributed by atoms with Gasteiger partial charge in [-0.2, -0.15) is 0 Å². The van der Waals surface area contributed by atoms with E-state index in [0.717, 1.165) is 13.1 Å². The summed E-state index contributed by atoms with van der Waals surface area (Å²) in [4.78, 5) is 29.2. The van der Waals surface area contributed by atoms with Gasteiger partial charge in [0.2, 0.25) is 5.43 Å². The van der Waals surface area contributed by atoms with Crippen LogP contribution in [0.2, 0.25) is 0 Å². The minimum atomic E-state index is -0.825. The number of hydrogen-bond donors (Lipinski definition) is 0. The van der Waals surface area contributed by atoms with E-state index in [9.17, 15) is 9.59 Å². The summed E-state index contributed by atoms with van der Waals surface area (Å²) in [6.45, 7) is 5.15. The number of benzene rings is 1. The molecule has 2 aliphatic heterocycles. The van der Waals surface area contributed by atoms with Gasteiger partial charge in [-0.3, -0.25) is 4.79 Å². The van der Waals surface area contributed by atoms with Gasteiger partial charge in [0.1, 0.15) is 17.9 Å². The fraction of sp³-hybridized carbons (Fsp3) is 0.474. The molecule has 3 heterocycles. The van der Waals surface area contributed by atoms with Crippen molar-refractivity contribution in [3.8, 4) is 5.75 Å². The van der Waals surface area contributed by atoms with E-state index in [4.69, 9.17) is 21.1 Å². The molecular weight excluding hydrogens is 389 g/mol. The highest BCUT2D eigenvalue weighted by Gasteiger charge is 2.31. The van der Waals surface area contributed by atoms with E-state index in [0.29, 0.717) is 36.6 Å². The Morgan fingerprint density at radius 1 is 1.36 bits per heavy atom. The van der Waals surface area contributed by atoms with Crippen LogP contribution in [0.4, 0.5) is 10.1 Å². The molecule has 1 aromatic carbocycles. The standard InChI is InChI=1S/C19H21ClFN3O4/c1-11-9-27-18-15-12(17(25)13(8-24(11)15)19(26)28-10-20)7-14(21)16(18)23-5-3-22(2)4-6-23/h7-8,11H,3-6,9-10H2,1-2H3/t11-/m0/s1. The van der Waals surface area contributed by atoms with Crippen LogP contribution in [0.3, 0.4) is 0 Å². The predicted octanol–water partition coefficient (Wildman–Crippen LogP) is 2.20. The molecule has 0 bridgehead atoms. The number of piperazine rings is 1. The molecule has 1 atom stereocenters. The summed E-state index contributed by atoms with van der Waals surface area (Å²) in [6, 6.07) is 0.699. The maximum Gasteiger partial charge on any atom is 0.344 e. The van der Waals surface area contributed by atoms with Crippen molar-refractivity contribution in [2.45, 2.75) is 13.0 Å². The van der Waals surface area contributed by atoms with E-state index in [1.165, 1.54) is 12.3 Å². The monoisotopic (exact) mass is 409 g/mol. The number of halogens is 2. The van der Waals surface area contributed by atoms with Crippen LogP contribution in [0.1, 0.15) is 23.3 Å². The second-order valence-electron chi connectivity index (χ2n) is 7.20. The molecule has 0 radical (unpaired) electrons. The number of esters is 1. The van der Waals surface area contributed by atoms with E-state index in [2.05, 4.69) is 4.90 Å². The van der Waals surface area contributed by atoms with E-state index >= 15 is 4.39 Å². The Kier molecular flexibility index (Phi) is 4.93. The average Bonchev–Trinajstić information content (AvgIpc) is 2.67. The van der Waals surface area contributed by atoms with E-state index in [1.807, 2.05) is 18.9 Å². The Labute approximate surface area is 166 Å². The lowest BCUT2D eigenvalue weighted by atomic mass is 10.1. The first kappa shape index (κ1) is 19.0. The molecule has 0 unspecified atom stereocenters. The molecule has 4 rings (SSSR count). The van der Waals surface area contributed by atoms with Gasteiger partial charge in [0.05, 0.1) is 16.9 Å². The Morgan fingerprint density at radius 2 is 2.07 bits per heavy atom. The number of hydrogen-bond acceptors (Lipinski definition) is 6. The molecule has 0 N–H and O–H groups in total. The molecule has 2 aromatic rings. The third-order valence-electron chi connectivity index (χ3n) is 5.37. The molecule has 0 spiro atoms. The molecule has 2 aliphatic rings. The van der Waals surface area contributed by atoms with Crippen molar-refractivity contribution < 1.29 is 18.7 Å². The molecule has 150 valence electrons. The first-order chi connectivity index (χ1) is 13.4. The Balaban J connectivity index is 1.95. The Morgan fingerprint density at radius 3 is 2.75 bits per heavy atom. The fourth-order valence-electron chi connectivity index (χ4n) is 3.81. The number of likely N-dealkylation sites (N-methyl/N-ethyl adjacent to an activating group) is 1. The van der Waals surface area contributed by atoms with E-state index in [-0.39, 0.29) is 23.1 Å². The number of nitrogens with zero attached hydrogens (tertiary/aromatic N) is 3. The van der Waals surface area contributed by atoms with Crippen molar-refractivity contribution in [2.24, 2.45) is 0 Å². The SMILES string of the molecule is C[C@H]1COc2c(N3CCN(C)CC3)c(F)cc3c(=O)c(C(=O)OCCl)cn1c23. The maximum absolute atomic E-state index is 15.1. The van der Waals surface area contributed by atoms with Crippen LogP contribution in [0.25, 0.3) is 10.9 Å². The number of carbonyl (C=O) groups is 1. The quantitative estimate of drug-likeness (QED) is 0.572. The maximum atomic E-state index is 15.1. The molecule has 0 amide bonds. The topological polar surface area (TPSA) is 64.0 Å². The van der Waals surface area contributed by atoms with Crippen LogP contribution in [-0.4, -0.2) is 61.3 Å².